The maximum Gasteiger partial charge on any atom is 0.191 e. The van der Waals surface area contributed by atoms with Gasteiger partial charge in [-0.2, -0.15) is 5.10 Å². The Morgan fingerprint density at radius 1 is 1.36 bits per heavy atom. The Bertz CT molecular complexity index is 572. The summed E-state index contributed by atoms with van der Waals surface area (Å²) in [4.78, 5) is 6.99. The Morgan fingerprint density at radius 3 is 2.80 bits per heavy atom. The second kappa shape index (κ2) is 10.2. The van der Waals surface area contributed by atoms with E-state index < -0.39 is 0 Å². The van der Waals surface area contributed by atoms with Crippen molar-refractivity contribution in [3.05, 3.63) is 29.6 Å². The summed E-state index contributed by atoms with van der Waals surface area (Å²) in [6.07, 6.45) is 12.7. The van der Waals surface area contributed by atoms with E-state index in [1.807, 2.05) is 17.9 Å². The minimum Gasteiger partial charge on any atom is -0.357 e. The highest BCUT2D eigenvalue weighted by Gasteiger charge is 2.15. The van der Waals surface area contributed by atoms with Gasteiger partial charge < -0.3 is 15.5 Å². The zero-order valence-electron chi connectivity index (χ0n) is 16.3. The third kappa shape index (κ3) is 6.53. The fourth-order valence-corrected chi connectivity index (χ4v) is 3.17. The van der Waals surface area contributed by atoms with Crippen molar-refractivity contribution in [2.75, 3.05) is 33.7 Å². The molecular formula is C19H34N6. The summed E-state index contributed by atoms with van der Waals surface area (Å²) < 4.78 is 1.84. The summed E-state index contributed by atoms with van der Waals surface area (Å²) in [5.74, 6) is 0.898. The van der Waals surface area contributed by atoms with Crippen LogP contribution in [0.4, 0.5) is 0 Å². The van der Waals surface area contributed by atoms with Crippen molar-refractivity contribution in [3.8, 4) is 0 Å². The molecule has 0 radical (unpaired) electrons. The number of rotatable bonds is 8. The maximum atomic E-state index is 4.80. The van der Waals surface area contributed by atoms with Crippen LogP contribution >= 0.6 is 0 Å². The van der Waals surface area contributed by atoms with Gasteiger partial charge in [0.05, 0.1) is 18.8 Å². The van der Waals surface area contributed by atoms with Crippen LogP contribution in [0.15, 0.2) is 29.0 Å². The molecule has 1 aliphatic carbocycles. The highest BCUT2D eigenvalue weighted by molar-refractivity contribution is 5.79. The number of aryl methyl sites for hydroxylation is 1. The predicted octanol–water partition coefficient (Wildman–Crippen LogP) is 2.47. The van der Waals surface area contributed by atoms with E-state index in [-0.39, 0.29) is 6.04 Å². The third-order valence-corrected chi connectivity index (χ3v) is 4.62. The molecule has 140 valence electrons. The summed E-state index contributed by atoms with van der Waals surface area (Å²) in [5.41, 5.74) is 2.79. The van der Waals surface area contributed by atoms with Crippen molar-refractivity contribution in [3.63, 3.8) is 0 Å². The normalized spacial score (nSPS) is 16.7. The van der Waals surface area contributed by atoms with Gasteiger partial charge in [0.15, 0.2) is 5.96 Å². The lowest BCUT2D eigenvalue weighted by Crippen LogP contribution is -2.38. The highest BCUT2D eigenvalue weighted by atomic mass is 15.2. The van der Waals surface area contributed by atoms with E-state index >= 15 is 0 Å². The molecule has 2 rings (SSSR count). The summed E-state index contributed by atoms with van der Waals surface area (Å²) in [5, 5.41) is 11.1. The monoisotopic (exact) mass is 346 g/mol. The van der Waals surface area contributed by atoms with Crippen LogP contribution in [-0.2, 0) is 7.05 Å². The standard InChI is InChI=1S/C19H34N6/c1-5-20-19(21-12-11-16-9-7-6-8-10-16)22-14-18(24(2)3)17-13-23-25(4)15-17/h9,13,15,18H,5-8,10-12,14H2,1-4H3,(H2,20,21,22). The Hall–Kier alpha value is -1.82. The molecule has 25 heavy (non-hydrogen) atoms. The number of aliphatic imine (C=N–C) groups is 1. The van der Waals surface area contributed by atoms with Crippen LogP contribution in [0.25, 0.3) is 0 Å². The van der Waals surface area contributed by atoms with Gasteiger partial charge in [-0.25, -0.2) is 0 Å². The SMILES string of the molecule is CCNC(=NCC(c1cnn(C)c1)N(C)C)NCCC1=CCCCC1. The summed E-state index contributed by atoms with van der Waals surface area (Å²) in [6, 6.07) is 0.227. The predicted molar refractivity (Wildman–Crippen MR) is 105 cm³/mol. The van der Waals surface area contributed by atoms with E-state index in [0.717, 1.165) is 25.5 Å². The van der Waals surface area contributed by atoms with E-state index in [4.69, 9.17) is 4.99 Å². The smallest absolute Gasteiger partial charge is 0.191 e. The number of likely N-dealkylation sites (N-methyl/N-ethyl adjacent to an activating group) is 1. The molecule has 6 nitrogen and oxygen atoms in total. The van der Waals surface area contributed by atoms with E-state index in [2.05, 4.69) is 53.9 Å². The van der Waals surface area contributed by atoms with Gasteiger partial charge >= 0.3 is 0 Å². The Labute approximate surface area is 152 Å². The average molecular weight is 347 g/mol. The Balaban J connectivity index is 1.91. The van der Waals surface area contributed by atoms with Crippen LogP contribution in [0.1, 0.15) is 50.6 Å². The molecule has 0 saturated carbocycles. The molecule has 1 atom stereocenters. The topological polar surface area (TPSA) is 57.5 Å². The molecule has 1 heterocycles. The quantitative estimate of drug-likeness (QED) is 0.431. The molecular weight excluding hydrogens is 312 g/mol. The Kier molecular flexibility index (Phi) is 7.98. The number of hydrogen-bond donors (Lipinski definition) is 2. The Morgan fingerprint density at radius 2 is 2.20 bits per heavy atom. The zero-order chi connectivity index (χ0) is 18.1. The number of aromatic nitrogens is 2. The molecule has 0 aromatic carbocycles. The van der Waals surface area contributed by atoms with Crippen molar-refractivity contribution >= 4 is 5.96 Å². The first kappa shape index (κ1) is 19.5. The van der Waals surface area contributed by atoms with Crippen molar-refractivity contribution in [1.82, 2.24) is 25.3 Å². The van der Waals surface area contributed by atoms with E-state index in [9.17, 15) is 0 Å². The molecule has 6 heteroatoms. The maximum absolute atomic E-state index is 4.80. The minimum atomic E-state index is 0.227. The van der Waals surface area contributed by atoms with Gasteiger partial charge in [0, 0.05) is 31.9 Å². The first-order chi connectivity index (χ1) is 12.1. The number of nitrogens with one attached hydrogen (secondary N) is 2. The largest absolute Gasteiger partial charge is 0.357 e. The van der Waals surface area contributed by atoms with Crippen molar-refractivity contribution in [2.24, 2.45) is 12.0 Å². The van der Waals surface area contributed by atoms with Gasteiger partial charge in [0.2, 0.25) is 0 Å². The summed E-state index contributed by atoms with van der Waals surface area (Å²) in [6.45, 7) is 4.62. The lowest BCUT2D eigenvalue weighted by atomic mass is 9.97. The lowest BCUT2D eigenvalue weighted by Gasteiger charge is -2.22. The molecule has 1 unspecified atom stereocenters. The first-order valence-corrected chi connectivity index (χ1v) is 9.45. The van der Waals surface area contributed by atoms with Crippen LogP contribution in [0.2, 0.25) is 0 Å². The molecule has 1 aliphatic rings. The number of guanidine groups is 1. The average Bonchev–Trinajstić information content (AvgIpc) is 3.02. The van der Waals surface area contributed by atoms with Crippen LogP contribution in [0, 0.1) is 0 Å². The number of allylic oxidation sites excluding steroid dienone is 1. The van der Waals surface area contributed by atoms with Crippen LogP contribution in [0.3, 0.4) is 0 Å². The fraction of sp³-hybridized carbons (Fsp3) is 0.684. The van der Waals surface area contributed by atoms with Crippen LogP contribution in [0.5, 0.6) is 0 Å². The zero-order valence-corrected chi connectivity index (χ0v) is 16.3. The van der Waals surface area contributed by atoms with Crippen LogP contribution < -0.4 is 10.6 Å². The van der Waals surface area contributed by atoms with Crippen molar-refractivity contribution < 1.29 is 0 Å². The van der Waals surface area contributed by atoms with E-state index in [1.54, 1.807) is 5.57 Å². The molecule has 0 spiro atoms. The first-order valence-electron chi connectivity index (χ1n) is 9.45. The van der Waals surface area contributed by atoms with Gasteiger partial charge in [0.25, 0.3) is 0 Å². The number of hydrogen-bond acceptors (Lipinski definition) is 3. The highest BCUT2D eigenvalue weighted by Crippen LogP contribution is 2.19. The van der Waals surface area contributed by atoms with Gasteiger partial charge in [-0.1, -0.05) is 11.6 Å². The molecule has 0 fully saturated rings. The minimum absolute atomic E-state index is 0.227. The van der Waals surface area contributed by atoms with Gasteiger partial charge in [-0.15, -0.1) is 0 Å². The summed E-state index contributed by atoms with van der Waals surface area (Å²) >= 11 is 0. The number of nitrogens with zero attached hydrogens (tertiary/aromatic N) is 4. The fourth-order valence-electron chi connectivity index (χ4n) is 3.17. The van der Waals surface area contributed by atoms with E-state index in [1.165, 1.54) is 31.2 Å². The molecule has 1 aromatic heterocycles. The van der Waals surface area contributed by atoms with Gasteiger partial charge in [-0.05, 0) is 53.1 Å². The third-order valence-electron chi connectivity index (χ3n) is 4.62. The van der Waals surface area contributed by atoms with Crippen LogP contribution in [-0.4, -0.2) is 54.4 Å². The molecule has 0 amide bonds. The summed E-state index contributed by atoms with van der Waals surface area (Å²) in [7, 11) is 6.12. The molecule has 0 bridgehead atoms. The van der Waals surface area contributed by atoms with E-state index in [0.29, 0.717) is 6.54 Å². The van der Waals surface area contributed by atoms with Gasteiger partial charge in [-0.3, -0.25) is 9.67 Å². The molecule has 0 saturated heterocycles. The second-order valence-corrected chi connectivity index (χ2v) is 6.93. The van der Waals surface area contributed by atoms with Crippen molar-refractivity contribution in [2.45, 2.75) is 45.1 Å². The van der Waals surface area contributed by atoms with Crippen molar-refractivity contribution in [1.29, 1.82) is 0 Å². The van der Waals surface area contributed by atoms with Gasteiger partial charge in [0.1, 0.15) is 0 Å². The molecule has 1 aromatic rings. The lowest BCUT2D eigenvalue weighted by molar-refractivity contribution is 0.306. The second-order valence-electron chi connectivity index (χ2n) is 6.93. The molecule has 0 aliphatic heterocycles. The molecule has 2 N–H and O–H groups in total.